The molecule has 0 atom stereocenters. The average Bonchev–Trinajstić information content (AvgIpc) is 3.37. The van der Waals surface area contributed by atoms with E-state index >= 15 is 0 Å². The molecule has 0 spiro atoms. The number of hydrogen-bond acceptors (Lipinski definition) is 7. The highest BCUT2D eigenvalue weighted by atomic mass is 16.5. The van der Waals surface area contributed by atoms with Gasteiger partial charge < -0.3 is 24.1 Å². The molecular formula is C19H19N3O6. The van der Waals surface area contributed by atoms with E-state index in [0.717, 1.165) is 11.1 Å². The van der Waals surface area contributed by atoms with Crippen molar-refractivity contribution < 1.29 is 28.4 Å². The number of carbonyl (C=O) groups is 2. The maximum absolute atomic E-state index is 12.0. The van der Waals surface area contributed by atoms with Crippen LogP contribution in [0.5, 0.6) is 5.75 Å². The van der Waals surface area contributed by atoms with Gasteiger partial charge in [-0.3, -0.25) is 4.79 Å². The lowest BCUT2D eigenvalue weighted by molar-refractivity contribution is -0.139. The molecule has 1 aromatic carbocycles. The fraction of sp³-hybridized carbons (Fsp3) is 0.263. The van der Waals surface area contributed by atoms with Gasteiger partial charge in [0.15, 0.2) is 6.61 Å². The van der Waals surface area contributed by atoms with Gasteiger partial charge in [-0.1, -0.05) is 17.3 Å². The van der Waals surface area contributed by atoms with Crippen LogP contribution in [0.2, 0.25) is 0 Å². The molecule has 0 bridgehead atoms. The molecule has 146 valence electrons. The molecule has 0 unspecified atom stereocenters. The van der Waals surface area contributed by atoms with Gasteiger partial charge in [0.2, 0.25) is 17.6 Å². The number of aryl methyl sites for hydroxylation is 1. The second kappa shape index (κ2) is 9.36. The summed E-state index contributed by atoms with van der Waals surface area (Å²) >= 11 is 0. The highest BCUT2D eigenvalue weighted by Gasteiger charge is 2.11. The Labute approximate surface area is 160 Å². The van der Waals surface area contributed by atoms with Crippen LogP contribution in [0.4, 0.5) is 0 Å². The van der Waals surface area contributed by atoms with Gasteiger partial charge in [-0.2, -0.15) is 4.98 Å². The second-order valence-corrected chi connectivity index (χ2v) is 5.95. The normalized spacial score (nSPS) is 10.6. The molecule has 2 heterocycles. The number of hydrogen-bond donors (Lipinski definition) is 2. The van der Waals surface area contributed by atoms with Crippen LogP contribution < -0.4 is 10.1 Å². The van der Waals surface area contributed by atoms with Crippen molar-refractivity contribution in [3.8, 4) is 17.1 Å². The van der Waals surface area contributed by atoms with Crippen molar-refractivity contribution in [3.63, 3.8) is 0 Å². The molecular weight excluding hydrogens is 366 g/mol. The van der Waals surface area contributed by atoms with E-state index in [1.807, 2.05) is 12.1 Å². The molecule has 0 radical (unpaired) electrons. The maximum atomic E-state index is 12.0. The first-order valence-electron chi connectivity index (χ1n) is 8.65. The Morgan fingerprint density at radius 1 is 1.14 bits per heavy atom. The van der Waals surface area contributed by atoms with E-state index in [1.54, 1.807) is 18.2 Å². The third-order valence-corrected chi connectivity index (χ3v) is 3.83. The number of ether oxygens (including phenoxy) is 1. The van der Waals surface area contributed by atoms with Crippen molar-refractivity contribution in [2.45, 2.75) is 19.3 Å². The van der Waals surface area contributed by atoms with E-state index in [2.05, 4.69) is 15.5 Å². The number of benzene rings is 1. The van der Waals surface area contributed by atoms with Crippen molar-refractivity contribution in [2.75, 3.05) is 13.2 Å². The maximum Gasteiger partial charge on any atom is 0.341 e. The third kappa shape index (κ3) is 5.70. The first-order chi connectivity index (χ1) is 13.6. The number of amides is 1. The SMILES string of the molecule is O=C(O)COc1ccc(CCNC(=O)CCc2nc(-c3ccoc3)no2)cc1. The molecule has 0 aliphatic carbocycles. The number of carbonyl (C=O) groups excluding carboxylic acids is 1. The molecule has 0 saturated carbocycles. The Bertz CT molecular complexity index is 902. The predicted molar refractivity (Wildman–Crippen MR) is 96.6 cm³/mol. The van der Waals surface area contributed by atoms with Crippen molar-refractivity contribution in [3.05, 3.63) is 54.3 Å². The summed E-state index contributed by atoms with van der Waals surface area (Å²) in [6.45, 7) is 0.108. The Hall–Kier alpha value is -3.62. The summed E-state index contributed by atoms with van der Waals surface area (Å²) in [7, 11) is 0. The highest BCUT2D eigenvalue weighted by Crippen LogP contribution is 2.16. The molecule has 0 saturated heterocycles. The Morgan fingerprint density at radius 3 is 2.68 bits per heavy atom. The Kier molecular flexibility index (Phi) is 6.40. The number of carboxylic acid groups (broad SMARTS) is 1. The average molecular weight is 385 g/mol. The van der Waals surface area contributed by atoms with Gasteiger partial charge >= 0.3 is 5.97 Å². The van der Waals surface area contributed by atoms with Gasteiger partial charge in [0.25, 0.3) is 0 Å². The third-order valence-electron chi connectivity index (χ3n) is 3.83. The lowest BCUT2D eigenvalue weighted by Gasteiger charge is -2.06. The molecule has 2 aromatic heterocycles. The summed E-state index contributed by atoms with van der Waals surface area (Å²) in [4.78, 5) is 26.6. The molecule has 0 fully saturated rings. The molecule has 3 rings (SSSR count). The molecule has 2 N–H and O–H groups in total. The molecule has 3 aromatic rings. The molecule has 0 aliphatic heterocycles. The summed E-state index contributed by atoms with van der Waals surface area (Å²) in [5.41, 5.74) is 1.73. The van der Waals surface area contributed by atoms with Crippen LogP contribution in [-0.4, -0.2) is 40.3 Å². The van der Waals surface area contributed by atoms with Gasteiger partial charge in [-0.05, 0) is 30.2 Å². The zero-order valence-electron chi connectivity index (χ0n) is 15.0. The standard InChI is InChI=1S/C19H19N3O6/c23-16(5-6-17-21-19(22-28-17)14-8-10-26-11-14)20-9-7-13-1-3-15(4-2-13)27-12-18(24)25/h1-4,8,10-11H,5-7,9,12H2,(H,20,23)(H,24,25). The quantitative estimate of drug-likeness (QED) is 0.543. The summed E-state index contributed by atoms with van der Waals surface area (Å²) in [6.07, 6.45) is 4.29. The van der Waals surface area contributed by atoms with E-state index in [-0.39, 0.29) is 18.9 Å². The molecule has 9 heteroatoms. The van der Waals surface area contributed by atoms with Crippen molar-refractivity contribution in [1.29, 1.82) is 0 Å². The van der Waals surface area contributed by atoms with E-state index in [1.165, 1.54) is 12.5 Å². The zero-order valence-corrected chi connectivity index (χ0v) is 15.0. The monoisotopic (exact) mass is 385 g/mol. The fourth-order valence-electron chi connectivity index (χ4n) is 2.42. The summed E-state index contributed by atoms with van der Waals surface area (Å²) in [5.74, 6) is 0.183. The topological polar surface area (TPSA) is 128 Å². The van der Waals surface area contributed by atoms with Crippen LogP contribution in [0, 0.1) is 0 Å². The Balaban J connectivity index is 1.36. The minimum Gasteiger partial charge on any atom is -0.482 e. The van der Waals surface area contributed by atoms with Crippen molar-refractivity contribution >= 4 is 11.9 Å². The number of carboxylic acids is 1. The molecule has 0 aliphatic rings. The predicted octanol–water partition coefficient (Wildman–Crippen LogP) is 2.08. The van der Waals surface area contributed by atoms with Crippen molar-refractivity contribution in [1.82, 2.24) is 15.5 Å². The molecule has 28 heavy (non-hydrogen) atoms. The van der Waals surface area contributed by atoms with E-state index in [0.29, 0.717) is 36.9 Å². The summed E-state index contributed by atoms with van der Waals surface area (Å²) in [6, 6.07) is 8.80. The smallest absolute Gasteiger partial charge is 0.341 e. The van der Waals surface area contributed by atoms with E-state index < -0.39 is 5.97 Å². The minimum absolute atomic E-state index is 0.107. The minimum atomic E-state index is -1.02. The largest absolute Gasteiger partial charge is 0.482 e. The zero-order chi connectivity index (χ0) is 19.8. The molecule has 9 nitrogen and oxygen atoms in total. The van der Waals surface area contributed by atoms with Crippen LogP contribution in [0.3, 0.4) is 0 Å². The number of furan rings is 1. The van der Waals surface area contributed by atoms with Crippen LogP contribution >= 0.6 is 0 Å². The van der Waals surface area contributed by atoms with Gasteiger partial charge in [0.1, 0.15) is 12.0 Å². The van der Waals surface area contributed by atoms with Crippen LogP contribution in [0.25, 0.3) is 11.4 Å². The lowest BCUT2D eigenvalue weighted by Crippen LogP contribution is -2.25. The van der Waals surface area contributed by atoms with E-state index in [9.17, 15) is 9.59 Å². The number of aromatic nitrogens is 2. The first-order valence-corrected chi connectivity index (χ1v) is 8.65. The summed E-state index contributed by atoms with van der Waals surface area (Å²) < 4.78 is 15.2. The number of nitrogens with one attached hydrogen (secondary N) is 1. The van der Waals surface area contributed by atoms with E-state index in [4.69, 9.17) is 18.8 Å². The van der Waals surface area contributed by atoms with Crippen LogP contribution in [0.15, 0.2) is 51.8 Å². The highest BCUT2D eigenvalue weighted by molar-refractivity contribution is 5.76. The Morgan fingerprint density at radius 2 is 1.96 bits per heavy atom. The van der Waals surface area contributed by atoms with Gasteiger partial charge in [-0.15, -0.1) is 0 Å². The first kappa shape index (κ1) is 19.2. The molecule has 1 amide bonds. The lowest BCUT2D eigenvalue weighted by atomic mass is 10.1. The van der Waals surface area contributed by atoms with Crippen molar-refractivity contribution in [2.24, 2.45) is 0 Å². The fourth-order valence-corrected chi connectivity index (χ4v) is 2.42. The van der Waals surface area contributed by atoms with Crippen LogP contribution in [-0.2, 0) is 22.4 Å². The number of aliphatic carboxylic acids is 1. The second-order valence-electron chi connectivity index (χ2n) is 5.95. The van der Waals surface area contributed by atoms with Gasteiger partial charge in [0.05, 0.1) is 11.8 Å². The summed E-state index contributed by atoms with van der Waals surface area (Å²) in [5, 5.41) is 15.3. The number of rotatable bonds is 10. The van der Waals surface area contributed by atoms with Crippen LogP contribution in [0.1, 0.15) is 17.9 Å². The van der Waals surface area contributed by atoms with Gasteiger partial charge in [0, 0.05) is 19.4 Å². The number of nitrogens with zero attached hydrogens (tertiary/aromatic N) is 2. The van der Waals surface area contributed by atoms with Gasteiger partial charge in [-0.25, -0.2) is 4.79 Å².